The van der Waals surface area contributed by atoms with Crippen LogP contribution in [-0.2, 0) is 17.9 Å². The molecule has 6 nitrogen and oxygen atoms in total. The molecule has 3 heterocycles. The Bertz CT molecular complexity index is 1300. The normalized spacial score (nSPS) is 17.2. The lowest BCUT2D eigenvalue weighted by Crippen LogP contribution is -2.37. The summed E-state index contributed by atoms with van der Waals surface area (Å²) in [6.45, 7) is 8.61. The SMILES string of the molecule is CCCCn1c(N2CCCCC2)c(/C=C2/SC(=S)N(Cc3ccc(C)cc3)C2=O)c(C)c(C#N)c1=O. The zero-order valence-corrected chi connectivity index (χ0v) is 22.8. The van der Waals surface area contributed by atoms with Crippen molar-refractivity contribution < 1.29 is 4.79 Å². The fourth-order valence-corrected chi connectivity index (χ4v) is 5.99. The maximum Gasteiger partial charge on any atom is 0.270 e. The molecular weight excluding hydrogens is 488 g/mol. The summed E-state index contributed by atoms with van der Waals surface area (Å²) in [5.74, 6) is 0.688. The van der Waals surface area contributed by atoms with Crippen LogP contribution in [0, 0.1) is 25.2 Å². The molecule has 0 N–H and O–H groups in total. The predicted molar refractivity (Wildman–Crippen MR) is 151 cm³/mol. The minimum Gasteiger partial charge on any atom is -0.357 e. The van der Waals surface area contributed by atoms with E-state index in [1.54, 1.807) is 9.47 Å². The maximum absolute atomic E-state index is 13.5. The number of piperidine rings is 1. The van der Waals surface area contributed by atoms with Crippen molar-refractivity contribution in [3.8, 4) is 6.07 Å². The fourth-order valence-electron chi connectivity index (χ4n) is 4.76. The first-order valence-electron chi connectivity index (χ1n) is 12.6. The van der Waals surface area contributed by atoms with Gasteiger partial charge in [-0.1, -0.05) is 67.2 Å². The first-order valence-corrected chi connectivity index (χ1v) is 13.8. The van der Waals surface area contributed by atoms with Crippen LogP contribution in [0.15, 0.2) is 34.0 Å². The molecule has 188 valence electrons. The molecule has 2 aliphatic heterocycles. The van der Waals surface area contributed by atoms with Crippen molar-refractivity contribution >= 4 is 46.1 Å². The summed E-state index contributed by atoms with van der Waals surface area (Å²) in [6.07, 6.45) is 6.91. The molecule has 2 aromatic rings. The summed E-state index contributed by atoms with van der Waals surface area (Å²) < 4.78 is 2.28. The third-order valence-corrected chi connectivity index (χ3v) is 8.23. The number of rotatable bonds is 7. The Hall–Kier alpha value is -2.89. The van der Waals surface area contributed by atoms with Crippen LogP contribution < -0.4 is 10.5 Å². The van der Waals surface area contributed by atoms with Crippen molar-refractivity contribution in [2.24, 2.45) is 0 Å². The highest BCUT2D eigenvalue weighted by atomic mass is 32.2. The van der Waals surface area contributed by atoms with Crippen molar-refractivity contribution in [2.75, 3.05) is 18.0 Å². The molecule has 36 heavy (non-hydrogen) atoms. The van der Waals surface area contributed by atoms with E-state index in [2.05, 4.69) is 17.9 Å². The zero-order valence-electron chi connectivity index (χ0n) is 21.2. The van der Waals surface area contributed by atoms with E-state index in [1.807, 2.05) is 44.2 Å². The predicted octanol–water partition coefficient (Wildman–Crippen LogP) is 5.53. The van der Waals surface area contributed by atoms with Gasteiger partial charge < -0.3 is 4.90 Å². The van der Waals surface area contributed by atoms with E-state index < -0.39 is 0 Å². The van der Waals surface area contributed by atoms with Crippen molar-refractivity contribution in [3.63, 3.8) is 0 Å². The summed E-state index contributed by atoms with van der Waals surface area (Å²) in [4.78, 5) is 31.3. The van der Waals surface area contributed by atoms with E-state index in [9.17, 15) is 14.9 Å². The minimum atomic E-state index is -0.243. The Morgan fingerprint density at radius 1 is 1.11 bits per heavy atom. The van der Waals surface area contributed by atoms with E-state index in [1.165, 1.54) is 11.8 Å². The number of aromatic nitrogens is 1. The number of carbonyl (C=O) groups excluding carboxylic acids is 1. The number of unbranched alkanes of at least 4 members (excludes halogenated alkanes) is 1. The standard InChI is InChI=1S/C28H32N4O2S2/c1-4-5-15-31-25(30-13-7-6-8-14-30)22(20(3)23(17-29)26(31)33)16-24-27(34)32(28(35)36-24)18-21-11-9-19(2)10-12-21/h9-12,16H,4-8,13-15,18H2,1-3H3/b24-16+. The van der Waals surface area contributed by atoms with Crippen LogP contribution in [0.5, 0.6) is 0 Å². The van der Waals surface area contributed by atoms with Crippen molar-refractivity contribution in [1.82, 2.24) is 9.47 Å². The number of aryl methyl sites for hydroxylation is 1. The Kier molecular flexibility index (Phi) is 8.32. The average molecular weight is 521 g/mol. The molecule has 8 heteroatoms. The molecule has 2 saturated heterocycles. The van der Waals surface area contributed by atoms with Crippen LogP contribution in [0.1, 0.15) is 66.8 Å². The Morgan fingerprint density at radius 2 is 1.81 bits per heavy atom. The van der Waals surface area contributed by atoms with Gasteiger partial charge in [-0.15, -0.1) is 0 Å². The Balaban J connectivity index is 1.80. The van der Waals surface area contributed by atoms with Gasteiger partial charge in [0.25, 0.3) is 11.5 Å². The van der Waals surface area contributed by atoms with Crippen molar-refractivity contribution in [2.45, 2.75) is 66.0 Å². The number of hydrogen-bond donors (Lipinski definition) is 0. The maximum atomic E-state index is 13.5. The number of nitrogens with zero attached hydrogens (tertiary/aromatic N) is 4. The molecule has 0 unspecified atom stereocenters. The number of thiocarbonyl (C=S) groups is 1. The van der Waals surface area contributed by atoms with Gasteiger partial charge in [-0.2, -0.15) is 5.26 Å². The van der Waals surface area contributed by atoms with Crippen molar-refractivity contribution in [3.05, 3.63) is 67.3 Å². The number of amides is 1. The van der Waals surface area contributed by atoms with Gasteiger partial charge in [0, 0.05) is 25.2 Å². The molecule has 1 aromatic carbocycles. The van der Waals surface area contributed by atoms with Gasteiger partial charge in [0.1, 0.15) is 21.8 Å². The van der Waals surface area contributed by atoms with Gasteiger partial charge in [-0.05, 0) is 56.7 Å². The summed E-state index contributed by atoms with van der Waals surface area (Å²) >= 11 is 6.87. The summed E-state index contributed by atoms with van der Waals surface area (Å²) in [6, 6.07) is 10.2. The topological polar surface area (TPSA) is 69.3 Å². The van der Waals surface area contributed by atoms with Crippen LogP contribution in [-0.4, -0.2) is 32.8 Å². The van der Waals surface area contributed by atoms with E-state index in [0.29, 0.717) is 27.9 Å². The minimum absolute atomic E-state index is 0.139. The smallest absolute Gasteiger partial charge is 0.270 e. The molecule has 2 fully saturated rings. The second-order valence-corrected chi connectivity index (χ2v) is 11.1. The third-order valence-electron chi connectivity index (χ3n) is 6.85. The average Bonchev–Trinajstić information content (AvgIpc) is 3.14. The number of pyridine rings is 1. The van der Waals surface area contributed by atoms with Gasteiger partial charge in [-0.25, -0.2) is 0 Å². The lowest BCUT2D eigenvalue weighted by atomic mass is 10.0. The number of benzene rings is 1. The number of carbonyl (C=O) groups is 1. The highest BCUT2D eigenvalue weighted by Crippen LogP contribution is 2.37. The number of hydrogen-bond acceptors (Lipinski definition) is 6. The molecule has 0 saturated carbocycles. The third kappa shape index (κ3) is 5.28. The molecule has 1 amide bonds. The first-order chi connectivity index (χ1) is 17.3. The molecular formula is C28H32N4O2S2. The van der Waals surface area contributed by atoms with E-state index >= 15 is 0 Å². The van der Waals surface area contributed by atoms with Gasteiger partial charge in [0.15, 0.2) is 0 Å². The van der Waals surface area contributed by atoms with Crippen LogP contribution in [0.4, 0.5) is 5.82 Å². The highest BCUT2D eigenvalue weighted by Gasteiger charge is 2.33. The monoisotopic (exact) mass is 520 g/mol. The molecule has 0 aliphatic carbocycles. The molecule has 0 spiro atoms. The van der Waals surface area contributed by atoms with Gasteiger partial charge in [-0.3, -0.25) is 19.1 Å². The molecule has 2 aliphatic rings. The van der Waals surface area contributed by atoms with E-state index in [0.717, 1.165) is 67.7 Å². The number of thioether (sulfide) groups is 1. The van der Waals surface area contributed by atoms with Crippen LogP contribution >= 0.6 is 24.0 Å². The number of anilines is 1. The van der Waals surface area contributed by atoms with Crippen molar-refractivity contribution in [1.29, 1.82) is 5.26 Å². The van der Waals surface area contributed by atoms with Crippen LogP contribution in [0.3, 0.4) is 0 Å². The van der Waals surface area contributed by atoms with Gasteiger partial charge in [0.05, 0.1) is 11.4 Å². The fraction of sp³-hybridized carbons (Fsp3) is 0.429. The molecule has 0 atom stereocenters. The van der Waals surface area contributed by atoms with Crippen LogP contribution in [0.25, 0.3) is 6.08 Å². The second-order valence-electron chi connectivity index (χ2n) is 9.46. The molecule has 0 bridgehead atoms. The first kappa shape index (κ1) is 26.2. The molecule has 4 rings (SSSR count). The van der Waals surface area contributed by atoms with Crippen LogP contribution in [0.2, 0.25) is 0 Å². The highest BCUT2D eigenvalue weighted by molar-refractivity contribution is 8.26. The van der Waals surface area contributed by atoms with E-state index in [4.69, 9.17) is 12.2 Å². The Morgan fingerprint density at radius 3 is 2.44 bits per heavy atom. The summed E-state index contributed by atoms with van der Waals surface area (Å²) in [5, 5.41) is 9.86. The van der Waals surface area contributed by atoms with Gasteiger partial charge >= 0.3 is 0 Å². The lowest BCUT2D eigenvalue weighted by Gasteiger charge is -2.33. The van der Waals surface area contributed by atoms with E-state index in [-0.39, 0.29) is 17.0 Å². The molecule has 1 aromatic heterocycles. The lowest BCUT2D eigenvalue weighted by molar-refractivity contribution is -0.122. The Labute approximate surface area is 222 Å². The summed E-state index contributed by atoms with van der Waals surface area (Å²) in [5.41, 5.74) is 3.49. The summed E-state index contributed by atoms with van der Waals surface area (Å²) in [7, 11) is 0. The quantitative estimate of drug-likeness (QED) is 0.353. The number of nitriles is 1. The zero-order chi connectivity index (χ0) is 25.8. The second kappa shape index (κ2) is 11.4. The molecule has 0 radical (unpaired) electrons. The van der Waals surface area contributed by atoms with Gasteiger partial charge in [0.2, 0.25) is 0 Å². The largest absolute Gasteiger partial charge is 0.357 e.